The average Bonchev–Trinajstić information content (AvgIpc) is 2.63. The molecule has 1 rings (SSSR count). The van der Waals surface area contributed by atoms with Crippen molar-refractivity contribution in [2.75, 3.05) is 7.11 Å². The lowest BCUT2D eigenvalue weighted by Gasteiger charge is -2.21. The molecule has 0 aromatic carbocycles. The average molecular weight is 210 g/mol. The second-order valence-electron chi connectivity index (χ2n) is 4.27. The maximum atomic E-state index is 11.5. The molecule has 0 saturated carbocycles. The van der Waals surface area contributed by atoms with Gasteiger partial charge < -0.3 is 15.0 Å². The molecule has 0 spiro atoms. The molecule has 0 aliphatic heterocycles. The smallest absolute Gasteiger partial charge is 0.313 e. The maximum Gasteiger partial charge on any atom is 0.313 e. The van der Waals surface area contributed by atoms with Crippen molar-refractivity contribution in [3.05, 3.63) is 24.0 Å². The van der Waals surface area contributed by atoms with E-state index in [0.717, 1.165) is 5.56 Å². The lowest BCUT2D eigenvalue weighted by Crippen LogP contribution is -2.30. The predicted molar refractivity (Wildman–Crippen MR) is 58.1 cm³/mol. The van der Waals surface area contributed by atoms with Crippen LogP contribution in [-0.2, 0) is 22.6 Å². The molecule has 0 radical (unpaired) electrons. The zero-order valence-electron chi connectivity index (χ0n) is 9.49. The molecule has 0 atom stereocenters. The fourth-order valence-electron chi connectivity index (χ4n) is 1.51. The van der Waals surface area contributed by atoms with Crippen molar-refractivity contribution in [2.24, 2.45) is 11.1 Å². The third-order valence-electron chi connectivity index (χ3n) is 2.36. The molecule has 15 heavy (non-hydrogen) atoms. The lowest BCUT2D eigenvalue weighted by molar-refractivity contribution is -0.151. The van der Waals surface area contributed by atoms with Crippen LogP contribution in [0.2, 0.25) is 0 Å². The highest BCUT2D eigenvalue weighted by atomic mass is 16.5. The number of nitrogens with zero attached hydrogens (tertiary/aromatic N) is 1. The van der Waals surface area contributed by atoms with Gasteiger partial charge >= 0.3 is 5.97 Å². The van der Waals surface area contributed by atoms with Gasteiger partial charge in [-0.1, -0.05) is 0 Å². The zero-order valence-corrected chi connectivity index (χ0v) is 9.49. The van der Waals surface area contributed by atoms with Crippen molar-refractivity contribution < 1.29 is 9.53 Å². The van der Waals surface area contributed by atoms with Crippen LogP contribution in [0.4, 0.5) is 0 Å². The minimum Gasteiger partial charge on any atom is -0.469 e. The molecule has 2 N–H and O–H groups in total. The number of rotatable bonds is 4. The van der Waals surface area contributed by atoms with Crippen LogP contribution in [0.25, 0.3) is 0 Å². The molecule has 0 saturated heterocycles. The van der Waals surface area contributed by atoms with E-state index in [1.54, 1.807) is 0 Å². The van der Waals surface area contributed by atoms with E-state index in [1.165, 1.54) is 7.11 Å². The van der Waals surface area contributed by atoms with E-state index in [4.69, 9.17) is 10.5 Å². The summed E-state index contributed by atoms with van der Waals surface area (Å²) in [6.45, 7) is 4.84. The Balaban J connectivity index is 2.72. The molecule has 1 aromatic rings. The normalized spacial score (nSPS) is 11.5. The van der Waals surface area contributed by atoms with Gasteiger partial charge in [-0.05, 0) is 25.5 Å². The number of hydrogen-bond acceptors (Lipinski definition) is 3. The van der Waals surface area contributed by atoms with Crippen molar-refractivity contribution in [3.63, 3.8) is 0 Å². The Morgan fingerprint density at radius 2 is 2.27 bits per heavy atom. The van der Waals surface area contributed by atoms with E-state index in [0.29, 0.717) is 13.1 Å². The van der Waals surface area contributed by atoms with E-state index in [-0.39, 0.29) is 5.97 Å². The van der Waals surface area contributed by atoms with Gasteiger partial charge in [0.1, 0.15) is 0 Å². The second kappa shape index (κ2) is 4.49. The third kappa shape index (κ3) is 2.83. The zero-order chi connectivity index (χ0) is 11.5. The summed E-state index contributed by atoms with van der Waals surface area (Å²) in [4.78, 5) is 11.5. The van der Waals surface area contributed by atoms with Crippen LogP contribution in [-0.4, -0.2) is 17.6 Å². The summed E-state index contributed by atoms with van der Waals surface area (Å²) in [5.74, 6) is -0.203. The Bertz CT molecular complexity index is 342. The Hall–Kier alpha value is -1.29. The van der Waals surface area contributed by atoms with E-state index < -0.39 is 5.41 Å². The predicted octanol–water partition coefficient (Wildman–Crippen LogP) is 1.15. The van der Waals surface area contributed by atoms with Gasteiger partial charge in [0, 0.05) is 25.5 Å². The van der Waals surface area contributed by atoms with E-state index >= 15 is 0 Å². The molecule has 1 heterocycles. The van der Waals surface area contributed by atoms with Crippen molar-refractivity contribution in [2.45, 2.75) is 26.9 Å². The summed E-state index contributed by atoms with van der Waals surface area (Å²) in [6.07, 6.45) is 3.87. The minimum absolute atomic E-state index is 0.203. The molecule has 0 amide bonds. The van der Waals surface area contributed by atoms with Crippen molar-refractivity contribution >= 4 is 5.97 Å². The van der Waals surface area contributed by atoms with Crippen molar-refractivity contribution in [1.29, 1.82) is 0 Å². The van der Waals surface area contributed by atoms with Crippen LogP contribution in [0.15, 0.2) is 18.5 Å². The first-order chi connectivity index (χ1) is 6.99. The number of carbonyl (C=O) groups excluding carboxylic acids is 1. The maximum absolute atomic E-state index is 11.5. The van der Waals surface area contributed by atoms with Crippen LogP contribution in [0.5, 0.6) is 0 Å². The molecule has 0 unspecified atom stereocenters. The number of esters is 1. The number of nitrogens with two attached hydrogens (primary N) is 1. The standard InChI is InChI=1S/C11H18N2O2/c1-11(2,10(14)15-3)8-13-5-4-9(6-12)7-13/h4-5,7H,6,8,12H2,1-3H3. The molecule has 0 aliphatic carbocycles. The molecule has 0 fully saturated rings. The highest BCUT2D eigenvalue weighted by Crippen LogP contribution is 2.20. The molecule has 4 nitrogen and oxygen atoms in total. The Labute approximate surface area is 90.0 Å². The molecule has 0 aliphatic rings. The van der Waals surface area contributed by atoms with Crippen molar-refractivity contribution in [3.8, 4) is 0 Å². The number of aromatic nitrogens is 1. The molecule has 0 bridgehead atoms. The highest BCUT2D eigenvalue weighted by molar-refractivity contribution is 5.75. The van der Waals surface area contributed by atoms with Crippen LogP contribution >= 0.6 is 0 Å². The second-order valence-corrected chi connectivity index (χ2v) is 4.27. The summed E-state index contributed by atoms with van der Waals surface area (Å²) in [6, 6.07) is 1.95. The number of hydrogen-bond donors (Lipinski definition) is 1. The fourth-order valence-corrected chi connectivity index (χ4v) is 1.51. The SMILES string of the molecule is COC(=O)C(C)(C)Cn1ccc(CN)c1. The summed E-state index contributed by atoms with van der Waals surface area (Å²) >= 11 is 0. The van der Waals surface area contributed by atoms with Gasteiger partial charge in [0.25, 0.3) is 0 Å². The lowest BCUT2D eigenvalue weighted by atomic mass is 9.94. The summed E-state index contributed by atoms with van der Waals surface area (Å²) in [5, 5.41) is 0. The summed E-state index contributed by atoms with van der Waals surface area (Å²) in [7, 11) is 1.41. The van der Waals surface area contributed by atoms with E-state index in [9.17, 15) is 4.79 Å². The molecular weight excluding hydrogens is 192 g/mol. The third-order valence-corrected chi connectivity index (χ3v) is 2.36. The van der Waals surface area contributed by atoms with E-state index in [1.807, 2.05) is 36.9 Å². The van der Waals surface area contributed by atoms with Gasteiger partial charge in [-0.2, -0.15) is 0 Å². The Kier molecular flexibility index (Phi) is 3.52. The fraction of sp³-hybridized carbons (Fsp3) is 0.545. The molecular formula is C11H18N2O2. The topological polar surface area (TPSA) is 57.2 Å². The quantitative estimate of drug-likeness (QED) is 0.758. The van der Waals surface area contributed by atoms with Crippen LogP contribution in [0.3, 0.4) is 0 Å². The number of carbonyl (C=O) groups is 1. The molecule has 4 heteroatoms. The van der Waals surface area contributed by atoms with Crippen LogP contribution in [0.1, 0.15) is 19.4 Å². The minimum atomic E-state index is -0.514. The first kappa shape index (κ1) is 11.8. The number of ether oxygens (including phenoxy) is 1. The van der Waals surface area contributed by atoms with Gasteiger partial charge in [-0.3, -0.25) is 4.79 Å². The Morgan fingerprint density at radius 1 is 1.60 bits per heavy atom. The van der Waals surface area contributed by atoms with Gasteiger partial charge in [0.15, 0.2) is 0 Å². The monoisotopic (exact) mass is 210 g/mol. The van der Waals surface area contributed by atoms with Gasteiger partial charge in [0.2, 0.25) is 0 Å². The first-order valence-electron chi connectivity index (χ1n) is 4.93. The Morgan fingerprint density at radius 3 is 2.73 bits per heavy atom. The summed E-state index contributed by atoms with van der Waals surface area (Å²) < 4.78 is 6.70. The molecule has 1 aromatic heterocycles. The summed E-state index contributed by atoms with van der Waals surface area (Å²) in [5.41, 5.74) is 6.06. The highest BCUT2D eigenvalue weighted by Gasteiger charge is 2.28. The van der Waals surface area contributed by atoms with E-state index in [2.05, 4.69) is 0 Å². The van der Waals surface area contributed by atoms with Gasteiger partial charge in [-0.25, -0.2) is 0 Å². The number of methoxy groups -OCH3 is 1. The van der Waals surface area contributed by atoms with Gasteiger partial charge in [0.05, 0.1) is 12.5 Å². The first-order valence-corrected chi connectivity index (χ1v) is 4.93. The van der Waals surface area contributed by atoms with Crippen LogP contribution in [0, 0.1) is 5.41 Å². The van der Waals surface area contributed by atoms with Gasteiger partial charge in [-0.15, -0.1) is 0 Å². The van der Waals surface area contributed by atoms with Crippen LogP contribution < -0.4 is 5.73 Å². The largest absolute Gasteiger partial charge is 0.469 e. The molecule has 84 valence electrons. The van der Waals surface area contributed by atoms with Crippen molar-refractivity contribution in [1.82, 2.24) is 4.57 Å².